The van der Waals surface area contributed by atoms with E-state index < -0.39 is 19.5 Å². The molecule has 0 spiro atoms. The van der Waals surface area contributed by atoms with Gasteiger partial charge in [-0.2, -0.15) is 0 Å². The zero-order valence-corrected chi connectivity index (χ0v) is 16.3. The van der Waals surface area contributed by atoms with Crippen molar-refractivity contribution in [1.29, 1.82) is 0 Å². The van der Waals surface area contributed by atoms with Crippen LogP contribution in [0, 0.1) is 0 Å². The summed E-state index contributed by atoms with van der Waals surface area (Å²) in [5, 5.41) is 0. The van der Waals surface area contributed by atoms with E-state index in [4.69, 9.17) is 18.5 Å². The van der Waals surface area contributed by atoms with E-state index in [1.54, 1.807) is 13.8 Å². The van der Waals surface area contributed by atoms with Gasteiger partial charge in [0.05, 0.1) is 26.4 Å². The molecule has 0 aliphatic heterocycles. The van der Waals surface area contributed by atoms with E-state index in [9.17, 15) is 14.2 Å². The Morgan fingerprint density at radius 2 is 1.24 bits per heavy atom. The molecule has 0 saturated carbocycles. The Bertz CT molecular complexity index is 473. The van der Waals surface area contributed by atoms with Crippen LogP contribution in [0.5, 0.6) is 0 Å². The minimum absolute atomic E-state index is 0.158. The summed E-state index contributed by atoms with van der Waals surface area (Å²) in [5.74, 6) is -0.922. The second kappa shape index (κ2) is 12.9. The van der Waals surface area contributed by atoms with Gasteiger partial charge in [0.15, 0.2) is 0 Å². The lowest BCUT2D eigenvalue weighted by Gasteiger charge is -2.18. The molecule has 0 radical (unpaired) electrons. The van der Waals surface area contributed by atoms with Crippen molar-refractivity contribution in [2.24, 2.45) is 0 Å². The van der Waals surface area contributed by atoms with Crippen LogP contribution >= 0.6 is 7.60 Å². The number of esters is 2. The third-order valence-corrected chi connectivity index (χ3v) is 4.96. The zero-order chi connectivity index (χ0) is 19.3. The van der Waals surface area contributed by atoms with Crippen LogP contribution < -0.4 is 0 Å². The molecule has 7 nitrogen and oxygen atoms in total. The Labute approximate surface area is 149 Å². The highest BCUT2D eigenvalue weighted by Gasteiger charge is 2.23. The van der Waals surface area contributed by atoms with E-state index in [0.717, 1.165) is 0 Å². The summed E-state index contributed by atoms with van der Waals surface area (Å²) in [6.07, 6.45) is 1.76. The molecule has 0 N–H and O–H groups in total. The van der Waals surface area contributed by atoms with Gasteiger partial charge in [-0.1, -0.05) is 20.1 Å². The van der Waals surface area contributed by atoms with Crippen LogP contribution in [0.15, 0.2) is 24.3 Å². The highest BCUT2D eigenvalue weighted by molar-refractivity contribution is 7.53. The molecule has 0 rings (SSSR count). The van der Waals surface area contributed by atoms with E-state index in [0.29, 0.717) is 36.6 Å². The fraction of sp³-hybridized carbons (Fsp3) is 0.647. The van der Waals surface area contributed by atoms with Gasteiger partial charge in [0, 0.05) is 30.1 Å². The van der Waals surface area contributed by atoms with Crippen molar-refractivity contribution in [1.82, 2.24) is 0 Å². The fourth-order valence-corrected chi connectivity index (χ4v) is 3.24. The van der Waals surface area contributed by atoms with Gasteiger partial charge in [0.2, 0.25) is 0 Å². The predicted octanol–water partition coefficient (Wildman–Crippen LogP) is 3.64. The quantitative estimate of drug-likeness (QED) is 0.198. The Morgan fingerprint density at radius 3 is 1.56 bits per heavy atom. The van der Waals surface area contributed by atoms with Crippen molar-refractivity contribution in [3.05, 3.63) is 24.3 Å². The Kier molecular flexibility index (Phi) is 12.1. The topological polar surface area (TPSA) is 88.1 Å². The van der Waals surface area contributed by atoms with Crippen molar-refractivity contribution >= 4 is 19.5 Å². The third kappa shape index (κ3) is 11.7. The highest BCUT2D eigenvalue weighted by atomic mass is 31.2. The summed E-state index contributed by atoms with van der Waals surface area (Å²) in [7, 11) is -3.20. The molecular formula is C17H29O7P. The second-order valence-electron chi connectivity index (χ2n) is 5.54. The number of carbonyl (C=O) groups excluding carboxylic acids is 2. The van der Waals surface area contributed by atoms with Gasteiger partial charge < -0.3 is 18.5 Å². The first kappa shape index (κ1) is 23.6. The molecule has 0 aromatic heterocycles. The monoisotopic (exact) mass is 376 g/mol. The number of hydrogen-bond acceptors (Lipinski definition) is 7. The smallest absolute Gasteiger partial charge is 0.333 e. The molecule has 0 amide bonds. The molecule has 0 aromatic carbocycles. The standard InChI is InChI=1S/C17H29O7P/c1-6-13-25(20,23-11-7-9-21-16(18)14(2)3)24-12-8-10-22-17(19)15(4)5/h2,4,6-13H2,1,3,5H3. The van der Waals surface area contributed by atoms with Crippen molar-refractivity contribution < 1.29 is 32.7 Å². The van der Waals surface area contributed by atoms with Crippen molar-refractivity contribution in [3.8, 4) is 0 Å². The summed E-state index contributed by atoms with van der Waals surface area (Å²) in [4.78, 5) is 22.4. The van der Waals surface area contributed by atoms with Crippen LogP contribution in [-0.2, 0) is 32.7 Å². The lowest BCUT2D eigenvalue weighted by Crippen LogP contribution is -2.10. The number of carbonyl (C=O) groups is 2. The van der Waals surface area contributed by atoms with E-state index >= 15 is 0 Å². The lowest BCUT2D eigenvalue weighted by molar-refractivity contribution is -0.140. The first-order valence-electron chi connectivity index (χ1n) is 8.25. The van der Waals surface area contributed by atoms with Crippen LogP contribution in [0.1, 0.15) is 40.0 Å². The summed E-state index contributed by atoms with van der Waals surface area (Å²) in [5.41, 5.74) is 0.654. The van der Waals surface area contributed by atoms with Gasteiger partial charge in [0.25, 0.3) is 0 Å². The maximum absolute atomic E-state index is 12.5. The molecule has 0 aliphatic rings. The Balaban J connectivity index is 4.04. The summed E-state index contributed by atoms with van der Waals surface area (Å²) < 4.78 is 33.1. The Morgan fingerprint density at radius 1 is 0.840 bits per heavy atom. The van der Waals surface area contributed by atoms with Gasteiger partial charge >= 0.3 is 19.5 Å². The summed E-state index contributed by atoms with van der Waals surface area (Å²) >= 11 is 0. The van der Waals surface area contributed by atoms with Crippen molar-refractivity contribution in [2.75, 3.05) is 32.6 Å². The molecule has 0 saturated heterocycles. The minimum atomic E-state index is -3.20. The van der Waals surface area contributed by atoms with Crippen LogP contribution in [0.3, 0.4) is 0 Å². The zero-order valence-electron chi connectivity index (χ0n) is 15.4. The van der Waals surface area contributed by atoms with Crippen LogP contribution in [-0.4, -0.2) is 44.5 Å². The normalized spacial score (nSPS) is 11.0. The number of rotatable bonds is 14. The molecule has 0 unspecified atom stereocenters. The van der Waals surface area contributed by atoms with Gasteiger partial charge in [-0.05, 0) is 20.3 Å². The lowest BCUT2D eigenvalue weighted by atomic mass is 10.4. The van der Waals surface area contributed by atoms with Crippen LogP contribution in [0.25, 0.3) is 0 Å². The number of ether oxygens (including phenoxy) is 2. The first-order chi connectivity index (χ1) is 11.7. The van der Waals surface area contributed by atoms with Gasteiger partial charge in [-0.15, -0.1) is 0 Å². The molecule has 0 bridgehead atoms. The summed E-state index contributed by atoms with van der Waals surface area (Å²) in [6, 6.07) is 0. The SMILES string of the molecule is C=C(C)C(=O)OCCCOP(=O)(CCC)OCCCOC(=O)C(=C)C. The van der Waals surface area contributed by atoms with Crippen LogP contribution in [0.2, 0.25) is 0 Å². The third-order valence-electron chi connectivity index (χ3n) is 2.81. The van der Waals surface area contributed by atoms with E-state index in [1.165, 1.54) is 0 Å². The van der Waals surface area contributed by atoms with Crippen LogP contribution in [0.4, 0.5) is 0 Å². The largest absolute Gasteiger partial charge is 0.462 e. The molecule has 0 aliphatic carbocycles. The molecule has 0 aromatic rings. The number of hydrogen-bond donors (Lipinski definition) is 0. The average Bonchev–Trinajstić information content (AvgIpc) is 2.53. The maximum atomic E-state index is 12.5. The maximum Gasteiger partial charge on any atom is 0.333 e. The van der Waals surface area contributed by atoms with E-state index in [1.807, 2.05) is 6.92 Å². The second-order valence-corrected chi connectivity index (χ2v) is 7.73. The van der Waals surface area contributed by atoms with E-state index in [2.05, 4.69) is 13.2 Å². The first-order valence-corrected chi connectivity index (χ1v) is 9.98. The van der Waals surface area contributed by atoms with Gasteiger partial charge in [-0.25, -0.2) is 9.59 Å². The molecular weight excluding hydrogens is 347 g/mol. The Hall–Kier alpha value is -1.43. The fourth-order valence-electron chi connectivity index (χ4n) is 1.54. The van der Waals surface area contributed by atoms with E-state index in [-0.39, 0.29) is 26.4 Å². The van der Waals surface area contributed by atoms with Gasteiger partial charge in [0.1, 0.15) is 0 Å². The predicted molar refractivity (Wildman–Crippen MR) is 95.4 cm³/mol. The minimum Gasteiger partial charge on any atom is -0.462 e. The molecule has 8 heteroatoms. The molecule has 0 atom stereocenters. The molecule has 0 heterocycles. The summed E-state index contributed by atoms with van der Waals surface area (Å²) in [6.45, 7) is 12.6. The van der Waals surface area contributed by atoms with Gasteiger partial charge in [-0.3, -0.25) is 4.57 Å². The highest BCUT2D eigenvalue weighted by Crippen LogP contribution is 2.48. The molecule has 0 fully saturated rings. The molecule has 144 valence electrons. The molecule has 25 heavy (non-hydrogen) atoms. The average molecular weight is 376 g/mol. The van der Waals surface area contributed by atoms with Crippen molar-refractivity contribution in [2.45, 2.75) is 40.0 Å². The van der Waals surface area contributed by atoms with Crippen molar-refractivity contribution in [3.63, 3.8) is 0 Å².